The van der Waals surface area contributed by atoms with Crippen LogP contribution in [0.5, 0.6) is 0 Å². The molecule has 0 saturated heterocycles. The summed E-state index contributed by atoms with van der Waals surface area (Å²) < 4.78 is 0. The summed E-state index contributed by atoms with van der Waals surface area (Å²) in [5.74, 6) is 0.253. The van der Waals surface area contributed by atoms with Gasteiger partial charge in [-0.3, -0.25) is 0 Å². The first-order valence-electron chi connectivity index (χ1n) is 7.44. The lowest BCUT2D eigenvalue weighted by Gasteiger charge is -2.32. The highest BCUT2D eigenvalue weighted by Gasteiger charge is 2.27. The molecule has 1 heteroatoms. The maximum absolute atomic E-state index is 10.8. The molecule has 0 aromatic carbocycles. The second-order valence-electron chi connectivity index (χ2n) is 5.83. The summed E-state index contributed by atoms with van der Waals surface area (Å²) in [5, 5.41) is 0. The summed E-state index contributed by atoms with van der Waals surface area (Å²) in [5.41, 5.74) is 1.66. The molecule has 0 N–H and O–H groups in total. The Morgan fingerprint density at radius 2 is 2.22 bits per heavy atom. The Morgan fingerprint density at radius 3 is 2.72 bits per heavy atom. The van der Waals surface area contributed by atoms with Crippen LogP contribution in [-0.2, 0) is 4.79 Å². The molecule has 0 radical (unpaired) electrons. The van der Waals surface area contributed by atoms with E-state index in [1.807, 2.05) is 0 Å². The third-order valence-electron chi connectivity index (χ3n) is 4.38. The molecule has 0 saturated carbocycles. The van der Waals surface area contributed by atoms with Crippen molar-refractivity contribution in [3.63, 3.8) is 0 Å². The zero-order valence-electron chi connectivity index (χ0n) is 12.1. The van der Waals surface area contributed by atoms with Gasteiger partial charge in [0, 0.05) is 11.3 Å². The average molecular weight is 248 g/mol. The highest BCUT2D eigenvalue weighted by Crippen LogP contribution is 2.40. The van der Waals surface area contributed by atoms with Crippen LogP contribution in [0.15, 0.2) is 24.3 Å². The van der Waals surface area contributed by atoms with Crippen molar-refractivity contribution >= 4 is 6.29 Å². The summed E-state index contributed by atoms with van der Waals surface area (Å²) in [6.45, 7) is 8.59. The van der Waals surface area contributed by atoms with Crippen LogP contribution in [0.4, 0.5) is 0 Å². The average Bonchev–Trinajstić information content (AvgIpc) is 2.43. The van der Waals surface area contributed by atoms with E-state index >= 15 is 0 Å². The van der Waals surface area contributed by atoms with E-state index in [4.69, 9.17) is 0 Å². The van der Waals surface area contributed by atoms with E-state index in [0.717, 1.165) is 25.5 Å². The molecule has 0 bridgehead atoms. The predicted molar refractivity (Wildman–Crippen MR) is 78.6 cm³/mol. The van der Waals surface area contributed by atoms with Gasteiger partial charge in [-0.2, -0.15) is 0 Å². The van der Waals surface area contributed by atoms with E-state index in [0.29, 0.717) is 0 Å². The van der Waals surface area contributed by atoms with Gasteiger partial charge in [0.05, 0.1) is 0 Å². The minimum atomic E-state index is 0.154. The summed E-state index contributed by atoms with van der Waals surface area (Å²) in [4.78, 5) is 10.8. The lowest BCUT2D eigenvalue weighted by Crippen LogP contribution is -2.20. The standard InChI is InChI=1S/C17H28O/c1-4-6-7-8-13-17(3,5-2)16-11-9-15(14-18)10-12-16/h5,11,14-15H,2,4,6-10,12-13H2,1,3H3. The van der Waals surface area contributed by atoms with Gasteiger partial charge >= 0.3 is 0 Å². The molecule has 1 rings (SSSR count). The van der Waals surface area contributed by atoms with Crippen molar-refractivity contribution in [1.82, 2.24) is 0 Å². The normalized spacial score (nSPS) is 23.0. The highest BCUT2D eigenvalue weighted by molar-refractivity contribution is 5.54. The summed E-state index contributed by atoms with van der Waals surface area (Å²) in [6, 6.07) is 0. The molecule has 0 spiro atoms. The molecular weight excluding hydrogens is 220 g/mol. The molecule has 0 aliphatic heterocycles. The molecule has 102 valence electrons. The molecule has 2 unspecified atom stereocenters. The maximum Gasteiger partial charge on any atom is 0.123 e. The molecular formula is C17H28O. The Kier molecular flexibility index (Phi) is 6.38. The number of hydrogen-bond donors (Lipinski definition) is 0. The first kappa shape index (κ1) is 15.2. The van der Waals surface area contributed by atoms with E-state index in [2.05, 4.69) is 32.6 Å². The van der Waals surface area contributed by atoms with Gasteiger partial charge in [-0.25, -0.2) is 0 Å². The molecule has 18 heavy (non-hydrogen) atoms. The molecule has 0 amide bonds. The van der Waals surface area contributed by atoms with Crippen LogP contribution in [0.2, 0.25) is 0 Å². The van der Waals surface area contributed by atoms with Crippen molar-refractivity contribution in [2.24, 2.45) is 11.3 Å². The maximum atomic E-state index is 10.8. The largest absolute Gasteiger partial charge is 0.303 e. The van der Waals surface area contributed by atoms with E-state index in [1.54, 1.807) is 0 Å². The number of carbonyl (C=O) groups is 1. The topological polar surface area (TPSA) is 17.1 Å². The number of rotatable bonds is 8. The Morgan fingerprint density at radius 1 is 1.44 bits per heavy atom. The molecule has 1 aliphatic carbocycles. The van der Waals surface area contributed by atoms with E-state index in [-0.39, 0.29) is 11.3 Å². The Balaban J connectivity index is 2.55. The summed E-state index contributed by atoms with van der Waals surface area (Å²) in [6.07, 6.45) is 15.0. The quantitative estimate of drug-likeness (QED) is 0.333. The first-order valence-corrected chi connectivity index (χ1v) is 7.44. The van der Waals surface area contributed by atoms with E-state index < -0.39 is 0 Å². The Hall–Kier alpha value is -0.850. The van der Waals surface area contributed by atoms with Crippen molar-refractivity contribution < 1.29 is 4.79 Å². The Bertz CT molecular complexity index is 303. The highest BCUT2D eigenvalue weighted by atomic mass is 16.1. The summed E-state index contributed by atoms with van der Waals surface area (Å²) >= 11 is 0. The number of unbranched alkanes of at least 4 members (excludes halogenated alkanes) is 3. The molecule has 0 aromatic heterocycles. The van der Waals surface area contributed by atoms with Gasteiger partial charge in [-0.05, 0) is 25.7 Å². The second kappa shape index (κ2) is 7.56. The third-order valence-corrected chi connectivity index (χ3v) is 4.38. The summed E-state index contributed by atoms with van der Waals surface area (Å²) in [7, 11) is 0. The SMILES string of the molecule is C=CC(C)(CCCCCC)C1=CCC(C=O)CC1. The zero-order chi connectivity index (χ0) is 13.4. The van der Waals surface area contributed by atoms with Crippen LogP contribution < -0.4 is 0 Å². The van der Waals surface area contributed by atoms with Gasteiger partial charge in [0.25, 0.3) is 0 Å². The van der Waals surface area contributed by atoms with Gasteiger partial charge < -0.3 is 4.79 Å². The molecule has 0 heterocycles. The van der Waals surface area contributed by atoms with Crippen LogP contribution in [-0.4, -0.2) is 6.29 Å². The van der Waals surface area contributed by atoms with Gasteiger partial charge in [0.2, 0.25) is 0 Å². The smallest absolute Gasteiger partial charge is 0.123 e. The van der Waals surface area contributed by atoms with Crippen molar-refractivity contribution in [1.29, 1.82) is 0 Å². The Labute approximate surface area is 112 Å². The van der Waals surface area contributed by atoms with Crippen LogP contribution in [0.1, 0.15) is 65.2 Å². The molecule has 0 fully saturated rings. The number of aldehydes is 1. The first-order chi connectivity index (χ1) is 8.66. The van der Waals surface area contributed by atoms with Crippen LogP contribution in [0, 0.1) is 11.3 Å². The second-order valence-corrected chi connectivity index (χ2v) is 5.83. The van der Waals surface area contributed by atoms with Gasteiger partial charge in [-0.1, -0.05) is 57.3 Å². The number of allylic oxidation sites excluding steroid dienone is 3. The molecule has 0 aromatic rings. The fourth-order valence-electron chi connectivity index (χ4n) is 2.81. The fraction of sp³-hybridized carbons (Fsp3) is 0.706. The lowest BCUT2D eigenvalue weighted by atomic mass is 9.72. The molecule has 2 atom stereocenters. The zero-order valence-corrected chi connectivity index (χ0v) is 12.1. The van der Waals surface area contributed by atoms with Crippen molar-refractivity contribution in [3.8, 4) is 0 Å². The van der Waals surface area contributed by atoms with Crippen molar-refractivity contribution in [2.75, 3.05) is 0 Å². The van der Waals surface area contributed by atoms with Gasteiger partial charge in [0.15, 0.2) is 0 Å². The van der Waals surface area contributed by atoms with Crippen LogP contribution in [0.25, 0.3) is 0 Å². The minimum Gasteiger partial charge on any atom is -0.303 e. The number of hydrogen-bond acceptors (Lipinski definition) is 1. The van der Waals surface area contributed by atoms with Crippen molar-refractivity contribution in [2.45, 2.75) is 65.2 Å². The van der Waals surface area contributed by atoms with E-state index in [1.165, 1.54) is 37.7 Å². The van der Waals surface area contributed by atoms with Gasteiger partial charge in [-0.15, -0.1) is 6.58 Å². The minimum absolute atomic E-state index is 0.154. The number of carbonyl (C=O) groups excluding carboxylic acids is 1. The monoisotopic (exact) mass is 248 g/mol. The molecule has 1 aliphatic rings. The van der Waals surface area contributed by atoms with E-state index in [9.17, 15) is 4.79 Å². The van der Waals surface area contributed by atoms with Crippen LogP contribution in [0.3, 0.4) is 0 Å². The van der Waals surface area contributed by atoms with Crippen LogP contribution >= 0.6 is 0 Å². The van der Waals surface area contributed by atoms with Gasteiger partial charge in [0.1, 0.15) is 6.29 Å². The fourth-order valence-corrected chi connectivity index (χ4v) is 2.81. The van der Waals surface area contributed by atoms with Crippen molar-refractivity contribution in [3.05, 3.63) is 24.3 Å². The molecule has 1 nitrogen and oxygen atoms in total. The predicted octanol–water partition coefficient (Wildman–Crippen LogP) is 5.07. The third kappa shape index (κ3) is 4.12. The lowest BCUT2D eigenvalue weighted by molar-refractivity contribution is -0.111.